The maximum Gasteiger partial charge on any atom is 0.0839 e. The van der Waals surface area contributed by atoms with Gasteiger partial charge in [-0.15, -0.1) is 0 Å². The molecule has 0 radical (unpaired) electrons. The van der Waals surface area contributed by atoms with Crippen LogP contribution in [0.25, 0.3) is 0 Å². The molecular formula is C17H24O2. The largest absolute Gasteiger partial charge is 0.386 e. The number of hydrogen-bond acceptors (Lipinski definition) is 2. The lowest BCUT2D eigenvalue weighted by Crippen LogP contribution is -2.22. The summed E-state index contributed by atoms with van der Waals surface area (Å²) in [6, 6.07) is 0. The van der Waals surface area contributed by atoms with E-state index in [1.165, 1.54) is 11.1 Å². The summed E-state index contributed by atoms with van der Waals surface area (Å²) >= 11 is 0. The molecule has 0 bridgehead atoms. The van der Waals surface area contributed by atoms with Crippen molar-refractivity contribution in [3.05, 3.63) is 47.6 Å². The molecule has 2 unspecified atom stereocenters. The quantitative estimate of drug-likeness (QED) is 0.813. The van der Waals surface area contributed by atoms with E-state index in [1.54, 1.807) is 0 Å². The molecule has 104 valence electrons. The monoisotopic (exact) mass is 260 g/mol. The predicted octanol–water partition coefficient (Wildman–Crippen LogP) is 3.43. The molecule has 2 rings (SSSR count). The molecule has 0 fully saturated rings. The summed E-state index contributed by atoms with van der Waals surface area (Å²) in [5, 5.41) is 20.0. The molecule has 0 aromatic carbocycles. The molecule has 2 aliphatic carbocycles. The molecule has 2 nitrogen and oxygen atoms in total. The Balaban J connectivity index is 1.85. The zero-order valence-corrected chi connectivity index (χ0v) is 11.9. The number of allylic oxidation sites excluding steroid dienone is 4. The highest BCUT2D eigenvalue weighted by atomic mass is 16.3. The first-order valence-electron chi connectivity index (χ1n) is 7.08. The van der Waals surface area contributed by atoms with Crippen LogP contribution in [0.1, 0.15) is 46.0 Å². The van der Waals surface area contributed by atoms with Gasteiger partial charge in [0.05, 0.1) is 11.2 Å². The van der Waals surface area contributed by atoms with Crippen molar-refractivity contribution in [3.8, 4) is 0 Å². The summed E-state index contributed by atoms with van der Waals surface area (Å²) in [5.74, 6) is 0. The Morgan fingerprint density at radius 2 is 1.32 bits per heavy atom. The Morgan fingerprint density at radius 1 is 0.895 bits per heavy atom. The van der Waals surface area contributed by atoms with E-state index < -0.39 is 11.2 Å². The fraction of sp³-hybridized carbons (Fsp3) is 0.529. The summed E-state index contributed by atoms with van der Waals surface area (Å²) < 4.78 is 0. The molecule has 0 spiro atoms. The minimum absolute atomic E-state index is 0.683. The van der Waals surface area contributed by atoms with Crippen molar-refractivity contribution in [1.29, 1.82) is 0 Å². The Kier molecular flexibility index (Phi) is 4.12. The van der Waals surface area contributed by atoms with Gasteiger partial charge in [0.1, 0.15) is 0 Å². The molecular weight excluding hydrogens is 236 g/mol. The lowest BCUT2D eigenvalue weighted by Gasteiger charge is -2.23. The van der Waals surface area contributed by atoms with Crippen molar-refractivity contribution in [2.45, 2.75) is 57.2 Å². The van der Waals surface area contributed by atoms with Crippen LogP contribution < -0.4 is 0 Å². The molecule has 0 aromatic rings. The van der Waals surface area contributed by atoms with E-state index >= 15 is 0 Å². The van der Waals surface area contributed by atoms with Crippen LogP contribution in [0.3, 0.4) is 0 Å². The van der Waals surface area contributed by atoms with E-state index in [4.69, 9.17) is 0 Å². The first-order chi connectivity index (χ1) is 8.86. The van der Waals surface area contributed by atoms with Crippen LogP contribution in [0.15, 0.2) is 47.6 Å². The second-order valence-corrected chi connectivity index (χ2v) is 6.22. The average Bonchev–Trinajstić information content (AvgIpc) is 2.26. The van der Waals surface area contributed by atoms with Crippen LogP contribution in [-0.4, -0.2) is 21.4 Å². The first kappa shape index (κ1) is 14.3. The number of aliphatic hydroxyl groups is 2. The van der Waals surface area contributed by atoms with Crippen LogP contribution in [0.4, 0.5) is 0 Å². The minimum Gasteiger partial charge on any atom is -0.386 e. The fourth-order valence-corrected chi connectivity index (χ4v) is 2.72. The summed E-state index contributed by atoms with van der Waals surface area (Å²) in [7, 11) is 0. The van der Waals surface area contributed by atoms with Crippen molar-refractivity contribution in [1.82, 2.24) is 0 Å². The van der Waals surface area contributed by atoms with Crippen molar-refractivity contribution in [3.63, 3.8) is 0 Å². The molecule has 0 saturated carbocycles. The van der Waals surface area contributed by atoms with Gasteiger partial charge in [-0.05, 0) is 69.2 Å². The SMILES string of the molecule is CC1(O)C=C(CCCC2=CC(C)(O)CC=C2)C=CC1. The number of rotatable bonds is 4. The molecule has 0 saturated heterocycles. The van der Waals surface area contributed by atoms with Crippen molar-refractivity contribution in [2.24, 2.45) is 0 Å². The van der Waals surface area contributed by atoms with Gasteiger partial charge in [-0.25, -0.2) is 0 Å². The molecule has 2 aliphatic rings. The van der Waals surface area contributed by atoms with Gasteiger partial charge in [0.15, 0.2) is 0 Å². The molecule has 2 atom stereocenters. The zero-order chi connectivity index (χ0) is 13.9. The topological polar surface area (TPSA) is 40.5 Å². The van der Waals surface area contributed by atoms with E-state index in [2.05, 4.69) is 12.2 Å². The van der Waals surface area contributed by atoms with E-state index in [0.29, 0.717) is 12.8 Å². The van der Waals surface area contributed by atoms with E-state index in [1.807, 2.05) is 38.2 Å². The third kappa shape index (κ3) is 4.48. The third-order valence-corrected chi connectivity index (χ3v) is 3.65. The highest BCUT2D eigenvalue weighted by Gasteiger charge is 2.20. The molecule has 0 amide bonds. The smallest absolute Gasteiger partial charge is 0.0839 e. The summed E-state index contributed by atoms with van der Waals surface area (Å²) in [6.45, 7) is 3.69. The average molecular weight is 260 g/mol. The van der Waals surface area contributed by atoms with Gasteiger partial charge in [0, 0.05) is 0 Å². The van der Waals surface area contributed by atoms with Crippen LogP contribution in [-0.2, 0) is 0 Å². The van der Waals surface area contributed by atoms with E-state index in [9.17, 15) is 10.2 Å². The Bertz CT molecular complexity index is 406. The zero-order valence-electron chi connectivity index (χ0n) is 11.9. The second kappa shape index (κ2) is 5.48. The van der Waals surface area contributed by atoms with E-state index in [0.717, 1.165) is 19.3 Å². The molecule has 0 heterocycles. The molecule has 0 aliphatic heterocycles. The minimum atomic E-state index is -0.683. The predicted molar refractivity (Wildman–Crippen MR) is 78.8 cm³/mol. The highest BCUT2D eigenvalue weighted by Crippen LogP contribution is 2.27. The van der Waals surface area contributed by atoms with Gasteiger partial charge in [0.25, 0.3) is 0 Å². The summed E-state index contributed by atoms with van der Waals surface area (Å²) in [6.07, 6.45) is 16.6. The van der Waals surface area contributed by atoms with Gasteiger partial charge in [0.2, 0.25) is 0 Å². The van der Waals surface area contributed by atoms with Crippen LogP contribution in [0, 0.1) is 0 Å². The fourth-order valence-electron chi connectivity index (χ4n) is 2.72. The lowest BCUT2D eigenvalue weighted by atomic mass is 9.89. The highest BCUT2D eigenvalue weighted by molar-refractivity contribution is 5.30. The van der Waals surface area contributed by atoms with Gasteiger partial charge in [-0.2, -0.15) is 0 Å². The summed E-state index contributed by atoms with van der Waals surface area (Å²) in [4.78, 5) is 0. The third-order valence-electron chi connectivity index (χ3n) is 3.65. The van der Waals surface area contributed by atoms with Crippen LogP contribution in [0.5, 0.6) is 0 Å². The molecule has 2 heteroatoms. The normalized spacial score (nSPS) is 34.1. The Morgan fingerprint density at radius 3 is 1.68 bits per heavy atom. The van der Waals surface area contributed by atoms with Crippen LogP contribution in [0.2, 0.25) is 0 Å². The maximum atomic E-state index is 9.98. The van der Waals surface area contributed by atoms with Gasteiger partial charge in [-0.3, -0.25) is 0 Å². The van der Waals surface area contributed by atoms with Crippen molar-refractivity contribution in [2.75, 3.05) is 0 Å². The second-order valence-electron chi connectivity index (χ2n) is 6.22. The van der Waals surface area contributed by atoms with Gasteiger partial charge >= 0.3 is 0 Å². The van der Waals surface area contributed by atoms with Gasteiger partial charge < -0.3 is 10.2 Å². The number of hydrogen-bond donors (Lipinski definition) is 2. The molecule has 2 N–H and O–H groups in total. The lowest BCUT2D eigenvalue weighted by molar-refractivity contribution is 0.112. The molecule has 19 heavy (non-hydrogen) atoms. The maximum absolute atomic E-state index is 9.98. The van der Waals surface area contributed by atoms with E-state index in [-0.39, 0.29) is 0 Å². The summed E-state index contributed by atoms with van der Waals surface area (Å²) in [5.41, 5.74) is 1.06. The Labute approximate surface area is 115 Å². The Hall–Kier alpha value is -1.12. The van der Waals surface area contributed by atoms with Crippen LogP contribution >= 0.6 is 0 Å². The van der Waals surface area contributed by atoms with Gasteiger partial charge in [-0.1, -0.05) is 24.3 Å². The molecule has 0 aromatic heterocycles. The van der Waals surface area contributed by atoms with Crippen molar-refractivity contribution >= 4 is 0 Å². The van der Waals surface area contributed by atoms with Crippen molar-refractivity contribution < 1.29 is 10.2 Å². The first-order valence-corrected chi connectivity index (χ1v) is 7.08. The standard InChI is InChI=1S/C17H24O2/c1-16(18)10-4-8-14(12-16)6-3-7-15-9-5-11-17(2,19)13-15/h4-5,8-9,12-13,18-19H,3,6-7,10-11H2,1-2H3.